The van der Waals surface area contributed by atoms with Gasteiger partial charge in [-0.25, -0.2) is 18.4 Å². The van der Waals surface area contributed by atoms with Crippen molar-refractivity contribution in [3.05, 3.63) is 73.0 Å². The summed E-state index contributed by atoms with van der Waals surface area (Å²) in [5.74, 6) is -0.721. The van der Waals surface area contributed by atoms with Gasteiger partial charge < -0.3 is 16.0 Å². The van der Waals surface area contributed by atoms with Gasteiger partial charge in [-0.1, -0.05) is 18.2 Å². The van der Waals surface area contributed by atoms with E-state index in [-0.39, 0.29) is 22.2 Å². The van der Waals surface area contributed by atoms with Gasteiger partial charge in [-0.15, -0.1) is 0 Å². The van der Waals surface area contributed by atoms with Crippen LogP contribution < -0.4 is 11.1 Å². The third-order valence-corrected chi connectivity index (χ3v) is 5.75. The molecule has 0 saturated heterocycles. The second-order valence-corrected chi connectivity index (χ2v) is 8.88. The van der Waals surface area contributed by atoms with E-state index in [1.807, 2.05) is 14.1 Å². The second kappa shape index (κ2) is 9.35. The van der Waals surface area contributed by atoms with E-state index in [1.54, 1.807) is 47.6 Å². The van der Waals surface area contributed by atoms with E-state index >= 15 is 0 Å². The fourth-order valence-corrected chi connectivity index (χ4v) is 3.78. The van der Waals surface area contributed by atoms with Crippen molar-refractivity contribution in [1.29, 1.82) is 0 Å². The number of nitrogens with zero attached hydrogens (tertiary/aromatic N) is 4. The van der Waals surface area contributed by atoms with Gasteiger partial charge in [0.2, 0.25) is 0 Å². The number of hydrogen-bond acceptors (Lipinski definition) is 8. The van der Waals surface area contributed by atoms with Gasteiger partial charge in [0.05, 0.1) is 34.4 Å². The Morgan fingerprint density at radius 2 is 2.00 bits per heavy atom. The fraction of sp³-hybridized carbons (Fsp3) is 0.143. The van der Waals surface area contributed by atoms with Crippen LogP contribution in [0.1, 0.15) is 10.5 Å². The number of carbonyl (C=O) groups excluding carboxylic acids is 1. The van der Waals surface area contributed by atoms with Crippen LogP contribution in [-0.2, 0) is 9.84 Å². The van der Waals surface area contributed by atoms with E-state index in [2.05, 4.69) is 20.3 Å². The average molecular weight is 439 g/mol. The third-order valence-electron chi connectivity index (χ3n) is 4.14. The van der Waals surface area contributed by atoms with Crippen LogP contribution in [0.15, 0.2) is 72.2 Å². The minimum absolute atomic E-state index is 0.0391. The normalized spacial score (nSPS) is 11.4. The fourth-order valence-electron chi connectivity index (χ4n) is 2.66. The molecule has 0 unspecified atom stereocenters. The van der Waals surface area contributed by atoms with E-state index in [0.717, 1.165) is 0 Å². The molecule has 0 spiro atoms. The lowest BCUT2D eigenvalue weighted by Gasteiger charge is -2.09. The summed E-state index contributed by atoms with van der Waals surface area (Å²) in [7, 11) is 0.0878. The van der Waals surface area contributed by atoms with Gasteiger partial charge in [0, 0.05) is 25.9 Å². The van der Waals surface area contributed by atoms with Crippen LogP contribution in [0.25, 0.3) is 11.3 Å². The summed E-state index contributed by atoms with van der Waals surface area (Å²) in [5.41, 5.74) is 7.09. The van der Waals surface area contributed by atoms with Crippen molar-refractivity contribution in [2.24, 2.45) is 0 Å². The highest BCUT2D eigenvalue weighted by atomic mass is 32.2. The minimum Gasteiger partial charge on any atom is -0.384 e. The zero-order chi connectivity index (χ0) is 22.4. The van der Waals surface area contributed by atoms with E-state index in [1.165, 1.54) is 24.5 Å². The molecule has 3 rings (SSSR count). The van der Waals surface area contributed by atoms with E-state index in [4.69, 9.17) is 5.73 Å². The number of nitrogen functional groups attached to an aromatic ring is 1. The number of sulfone groups is 1. The monoisotopic (exact) mass is 438 g/mol. The molecule has 0 atom stereocenters. The molecule has 0 bridgehead atoms. The van der Waals surface area contributed by atoms with Crippen LogP contribution in [0, 0.1) is 0 Å². The van der Waals surface area contributed by atoms with Crippen molar-refractivity contribution >= 4 is 27.2 Å². The summed E-state index contributed by atoms with van der Waals surface area (Å²) in [5, 5.41) is 2.65. The summed E-state index contributed by atoms with van der Waals surface area (Å²) in [6, 6.07) is 9.69. The standard InChI is InChI=1S/C21H22N6O3S/c1-27(2)10-5-11-31(29,30)17-8-3-6-15(12-17)18-14-24-20(22)19(26-18)21(28)25-16-7-4-9-23-13-16/h3-10,12-14H,11H2,1-2H3,(H2,22,24)(H,25,28). The van der Waals surface area contributed by atoms with Crippen LogP contribution in [0.3, 0.4) is 0 Å². The lowest BCUT2D eigenvalue weighted by molar-refractivity contribution is 0.102. The number of nitrogens with two attached hydrogens (primary N) is 1. The summed E-state index contributed by atoms with van der Waals surface area (Å²) in [4.78, 5) is 26.8. The summed E-state index contributed by atoms with van der Waals surface area (Å²) in [6.07, 6.45) is 7.73. The quantitative estimate of drug-likeness (QED) is 0.574. The first-order chi connectivity index (χ1) is 14.8. The van der Waals surface area contributed by atoms with E-state index in [9.17, 15) is 13.2 Å². The molecule has 0 aliphatic heterocycles. The van der Waals surface area contributed by atoms with Crippen LogP contribution in [0.4, 0.5) is 11.5 Å². The molecule has 0 aliphatic carbocycles. The van der Waals surface area contributed by atoms with Gasteiger partial charge in [-0.3, -0.25) is 9.78 Å². The van der Waals surface area contributed by atoms with Gasteiger partial charge in [-0.2, -0.15) is 0 Å². The number of hydrogen-bond donors (Lipinski definition) is 2. The van der Waals surface area contributed by atoms with Crippen molar-refractivity contribution in [3.8, 4) is 11.3 Å². The van der Waals surface area contributed by atoms with Crippen molar-refractivity contribution < 1.29 is 13.2 Å². The maximum atomic E-state index is 12.6. The van der Waals surface area contributed by atoms with Crippen molar-refractivity contribution in [3.63, 3.8) is 0 Å². The Kier molecular flexibility index (Phi) is 6.61. The van der Waals surface area contributed by atoms with Gasteiger partial charge in [0.1, 0.15) is 0 Å². The maximum absolute atomic E-state index is 12.6. The number of carbonyl (C=O) groups is 1. The lowest BCUT2D eigenvalue weighted by Crippen LogP contribution is -2.17. The maximum Gasteiger partial charge on any atom is 0.278 e. The molecule has 160 valence electrons. The largest absolute Gasteiger partial charge is 0.384 e. The van der Waals surface area contributed by atoms with E-state index in [0.29, 0.717) is 16.9 Å². The Bertz CT molecular complexity index is 1210. The molecule has 0 fully saturated rings. The first-order valence-corrected chi connectivity index (χ1v) is 10.9. The number of nitrogens with one attached hydrogen (secondary N) is 1. The molecular weight excluding hydrogens is 416 g/mol. The number of rotatable bonds is 7. The first-order valence-electron chi connectivity index (χ1n) is 9.26. The molecule has 0 radical (unpaired) electrons. The Labute approximate surface area is 180 Å². The molecule has 0 aliphatic rings. The Morgan fingerprint density at radius 1 is 1.19 bits per heavy atom. The van der Waals surface area contributed by atoms with Crippen LogP contribution >= 0.6 is 0 Å². The SMILES string of the molecule is CN(C)C=CCS(=O)(=O)c1cccc(-c2cnc(N)c(C(=O)Nc3cccnc3)n2)c1. The Balaban J connectivity index is 1.89. The number of benzene rings is 1. The van der Waals surface area contributed by atoms with Crippen LogP contribution in [0.5, 0.6) is 0 Å². The summed E-state index contributed by atoms with van der Waals surface area (Å²) >= 11 is 0. The molecular formula is C21H22N6O3S. The molecule has 2 aromatic heterocycles. The molecule has 3 aromatic rings. The van der Waals surface area contributed by atoms with Gasteiger partial charge in [-0.05, 0) is 30.5 Å². The van der Waals surface area contributed by atoms with Gasteiger partial charge >= 0.3 is 0 Å². The smallest absolute Gasteiger partial charge is 0.278 e. The predicted molar refractivity (Wildman–Crippen MR) is 119 cm³/mol. The zero-order valence-electron chi connectivity index (χ0n) is 17.1. The summed E-state index contributed by atoms with van der Waals surface area (Å²) < 4.78 is 25.3. The highest BCUT2D eigenvalue weighted by Crippen LogP contribution is 2.23. The van der Waals surface area contributed by atoms with Crippen molar-refractivity contribution in [1.82, 2.24) is 19.9 Å². The third kappa shape index (κ3) is 5.64. The van der Waals surface area contributed by atoms with Crippen LogP contribution in [-0.4, -0.2) is 54.0 Å². The lowest BCUT2D eigenvalue weighted by atomic mass is 10.1. The highest BCUT2D eigenvalue weighted by Gasteiger charge is 2.17. The number of pyridine rings is 1. The van der Waals surface area contributed by atoms with Crippen LogP contribution in [0.2, 0.25) is 0 Å². The molecule has 10 heteroatoms. The molecule has 2 heterocycles. The number of aromatic nitrogens is 3. The number of anilines is 2. The molecule has 0 saturated carbocycles. The zero-order valence-corrected chi connectivity index (χ0v) is 17.9. The van der Waals surface area contributed by atoms with Crippen molar-refractivity contribution in [2.75, 3.05) is 30.9 Å². The van der Waals surface area contributed by atoms with E-state index < -0.39 is 15.7 Å². The predicted octanol–water partition coefficient (Wildman–Crippen LogP) is 2.22. The second-order valence-electron chi connectivity index (χ2n) is 6.84. The minimum atomic E-state index is -3.53. The Morgan fingerprint density at radius 3 is 2.71 bits per heavy atom. The molecule has 9 nitrogen and oxygen atoms in total. The topological polar surface area (TPSA) is 131 Å². The number of amides is 1. The van der Waals surface area contributed by atoms with Gasteiger partial charge in [0.25, 0.3) is 5.91 Å². The van der Waals surface area contributed by atoms with Crippen molar-refractivity contribution in [2.45, 2.75) is 4.90 Å². The van der Waals surface area contributed by atoms with Gasteiger partial charge in [0.15, 0.2) is 21.3 Å². The molecule has 1 aromatic carbocycles. The molecule has 31 heavy (non-hydrogen) atoms. The highest BCUT2D eigenvalue weighted by molar-refractivity contribution is 7.91. The molecule has 3 N–H and O–H groups in total. The first kappa shape index (κ1) is 21.9. The molecule has 1 amide bonds. The summed E-state index contributed by atoms with van der Waals surface area (Å²) in [6.45, 7) is 0. The average Bonchev–Trinajstić information content (AvgIpc) is 2.74. The Hall–Kier alpha value is -3.79.